The molecule has 0 saturated heterocycles. The van der Waals surface area contributed by atoms with Crippen LogP contribution < -0.4 is 10.5 Å². The third-order valence-electron chi connectivity index (χ3n) is 2.84. The minimum atomic E-state index is -3.50. The summed E-state index contributed by atoms with van der Waals surface area (Å²) in [6, 6.07) is 6.75. The van der Waals surface area contributed by atoms with Crippen LogP contribution in [0.4, 0.5) is 5.69 Å². The molecule has 1 unspecified atom stereocenters. The number of aliphatic hydroxyl groups is 1. The number of nitrogens with two attached hydrogens (primary N) is 1. The van der Waals surface area contributed by atoms with E-state index in [0.717, 1.165) is 0 Å². The van der Waals surface area contributed by atoms with E-state index in [1.54, 1.807) is 31.2 Å². The van der Waals surface area contributed by atoms with E-state index < -0.39 is 15.6 Å². The fraction of sp³-hybridized carbons (Fsp3) is 0.500. The SMILES string of the molecule is CCC(C)(CO)NS(=O)(=O)Cc1cccc(N)c1. The predicted molar refractivity (Wildman–Crippen MR) is 72.4 cm³/mol. The van der Waals surface area contributed by atoms with Gasteiger partial charge in [0.25, 0.3) is 0 Å². The molecule has 0 amide bonds. The lowest BCUT2D eigenvalue weighted by atomic mass is 10.0. The molecule has 0 aromatic heterocycles. The van der Waals surface area contributed by atoms with E-state index in [2.05, 4.69) is 4.72 Å². The molecular weight excluding hydrogens is 252 g/mol. The fourth-order valence-corrected chi connectivity index (χ4v) is 3.18. The highest BCUT2D eigenvalue weighted by atomic mass is 32.2. The Morgan fingerprint density at radius 2 is 2.11 bits per heavy atom. The van der Waals surface area contributed by atoms with Gasteiger partial charge in [-0.3, -0.25) is 0 Å². The highest BCUT2D eigenvalue weighted by Gasteiger charge is 2.27. The van der Waals surface area contributed by atoms with Crippen LogP contribution >= 0.6 is 0 Å². The highest BCUT2D eigenvalue weighted by Crippen LogP contribution is 2.14. The summed E-state index contributed by atoms with van der Waals surface area (Å²) in [5, 5.41) is 9.21. The Bertz CT molecular complexity index is 496. The lowest BCUT2D eigenvalue weighted by Crippen LogP contribution is -2.48. The third-order valence-corrected chi connectivity index (χ3v) is 4.36. The first-order chi connectivity index (χ1) is 8.30. The molecule has 0 fully saturated rings. The quantitative estimate of drug-likeness (QED) is 0.669. The van der Waals surface area contributed by atoms with Crippen molar-refractivity contribution in [3.05, 3.63) is 29.8 Å². The Kier molecular flexibility index (Phi) is 4.72. The van der Waals surface area contributed by atoms with Crippen molar-refractivity contribution in [2.75, 3.05) is 12.3 Å². The Hall–Kier alpha value is -1.11. The number of rotatable bonds is 6. The van der Waals surface area contributed by atoms with Crippen LogP contribution in [-0.4, -0.2) is 25.7 Å². The van der Waals surface area contributed by atoms with Gasteiger partial charge in [0.15, 0.2) is 0 Å². The molecule has 0 heterocycles. The number of anilines is 1. The smallest absolute Gasteiger partial charge is 0.216 e. The van der Waals surface area contributed by atoms with Crippen molar-refractivity contribution in [1.82, 2.24) is 4.72 Å². The molecule has 0 spiro atoms. The van der Waals surface area contributed by atoms with E-state index in [-0.39, 0.29) is 12.4 Å². The Labute approximate surface area is 108 Å². The molecule has 1 aromatic carbocycles. The molecule has 0 bridgehead atoms. The van der Waals surface area contributed by atoms with Gasteiger partial charge in [0, 0.05) is 5.69 Å². The summed E-state index contributed by atoms with van der Waals surface area (Å²) in [5.41, 5.74) is 5.94. The van der Waals surface area contributed by atoms with E-state index in [0.29, 0.717) is 17.7 Å². The lowest BCUT2D eigenvalue weighted by molar-refractivity contribution is 0.191. The van der Waals surface area contributed by atoms with E-state index in [1.807, 2.05) is 6.92 Å². The van der Waals surface area contributed by atoms with Crippen LogP contribution in [-0.2, 0) is 15.8 Å². The predicted octanol–water partition coefficient (Wildman–Crippen LogP) is 0.849. The highest BCUT2D eigenvalue weighted by molar-refractivity contribution is 7.88. The van der Waals surface area contributed by atoms with E-state index in [4.69, 9.17) is 5.73 Å². The summed E-state index contributed by atoms with van der Waals surface area (Å²) in [4.78, 5) is 0. The van der Waals surface area contributed by atoms with Crippen LogP contribution in [0.1, 0.15) is 25.8 Å². The zero-order valence-electron chi connectivity index (χ0n) is 10.7. The Balaban J connectivity index is 2.83. The van der Waals surface area contributed by atoms with Crippen LogP contribution in [0.25, 0.3) is 0 Å². The van der Waals surface area contributed by atoms with Gasteiger partial charge < -0.3 is 10.8 Å². The van der Waals surface area contributed by atoms with E-state index >= 15 is 0 Å². The molecule has 1 atom stereocenters. The Morgan fingerprint density at radius 1 is 1.44 bits per heavy atom. The zero-order chi connectivity index (χ0) is 13.8. The number of benzene rings is 1. The van der Waals surface area contributed by atoms with Crippen molar-refractivity contribution in [2.45, 2.75) is 31.6 Å². The summed E-state index contributed by atoms with van der Waals surface area (Å²) < 4.78 is 26.5. The molecule has 0 radical (unpaired) electrons. The average molecular weight is 272 g/mol. The first-order valence-corrected chi connectivity index (χ1v) is 7.42. The van der Waals surface area contributed by atoms with Gasteiger partial charge in [0.05, 0.1) is 17.9 Å². The number of hydrogen-bond acceptors (Lipinski definition) is 4. The van der Waals surface area contributed by atoms with Crippen molar-refractivity contribution >= 4 is 15.7 Å². The van der Waals surface area contributed by atoms with Crippen LogP contribution in [0.15, 0.2) is 24.3 Å². The maximum Gasteiger partial charge on any atom is 0.216 e. The van der Waals surface area contributed by atoms with Gasteiger partial charge in [-0.25, -0.2) is 13.1 Å². The van der Waals surface area contributed by atoms with Gasteiger partial charge in [0.2, 0.25) is 10.0 Å². The van der Waals surface area contributed by atoms with Gasteiger partial charge in [-0.05, 0) is 31.0 Å². The summed E-state index contributed by atoms with van der Waals surface area (Å²) in [5.74, 6) is -0.145. The molecular formula is C12H20N2O3S. The number of nitrogens with one attached hydrogen (secondary N) is 1. The van der Waals surface area contributed by atoms with Crippen LogP contribution in [0.3, 0.4) is 0 Å². The second-order valence-electron chi connectivity index (χ2n) is 4.68. The average Bonchev–Trinajstić information content (AvgIpc) is 2.27. The molecule has 1 aromatic rings. The summed E-state index contributed by atoms with van der Waals surface area (Å²) >= 11 is 0. The number of hydrogen-bond donors (Lipinski definition) is 3. The molecule has 0 aliphatic heterocycles. The number of aliphatic hydroxyl groups excluding tert-OH is 1. The molecule has 1 rings (SSSR count). The molecule has 0 aliphatic rings. The van der Waals surface area contributed by atoms with E-state index in [1.165, 1.54) is 0 Å². The number of sulfonamides is 1. The van der Waals surface area contributed by atoms with Crippen LogP contribution in [0.5, 0.6) is 0 Å². The van der Waals surface area contributed by atoms with Gasteiger partial charge in [-0.1, -0.05) is 19.1 Å². The summed E-state index contributed by atoms with van der Waals surface area (Å²) in [6.07, 6.45) is 0.514. The van der Waals surface area contributed by atoms with Crippen molar-refractivity contribution in [3.8, 4) is 0 Å². The van der Waals surface area contributed by atoms with Crippen molar-refractivity contribution in [1.29, 1.82) is 0 Å². The summed E-state index contributed by atoms with van der Waals surface area (Å²) in [6.45, 7) is 3.25. The largest absolute Gasteiger partial charge is 0.399 e. The van der Waals surface area contributed by atoms with Crippen LogP contribution in [0.2, 0.25) is 0 Å². The van der Waals surface area contributed by atoms with Crippen molar-refractivity contribution in [3.63, 3.8) is 0 Å². The molecule has 102 valence electrons. The van der Waals surface area contributed by atoms with Crippen molar-refractivity contribution < 1.29 is 13.5 Å². The molecule has 5 nitrogen and oxygen atoms in total. The summed E-state index contributed by atoms with van der Waals surface area (Å²) in [7, 11) is -3.50. The first kappa shape index (κ1) is 14.9. The first-order valence-electron chi connectivity index (χ1n) is 5.77. The van der Waals surface area contributed by atoms with E-state index in [9.17, 15) is 13.5 Å². The number of nitrogen functional groups attached to an aromatic ring is 1. The normalized spacial score (nSPS) is 15.3. The molecule has 0 aliphatic carbocycles. The zero-order valence-corrected chi connectivity index (χ0v) is 11.5. The molecule has 4 N–H and O–H groups in total. The van der Waals surface area contributed by atoms with Gasteiger partial charge in [0.1, 0.15) is 0 Å². The monoisotopic (exact) mass is 272 g/mol. The maximum absolute atomic E-state index is 12.0. The van der Waals surface area contributed by atoms with Gasteiger partial charge in [-0.15, -0.1) is 0 Å². The van der Waals surface area contributed by atoms with Crippen LogP contribution in [0, 0.1) is 0 Å². The molecule has 6 heteroatoms. The maximum atomic E-state index is 12.0. The lowest BCUT2D eigenvalue weighted by Gasteiger charge is -2.26. The standard InChI is InChI=1S/C12H20N2O3S/c1-3-12(2,9-15)14-18(16,17)8-10-5-4-6-11(13)7-10/h4-7,14-15H,3,8-9,13H2,1-2H3. The minimum absolute atomic E-state index is 0.145. The second-order valence-corrected chi connectivity index (χ2v) is 6.40. The third kappa shape index (κ3) is 4.29. The topological polar surface area (TPSA) is 92.4 Å². The van der Waals surface area contributed by atoms with Gasteiger partial charge >= 0.3 is 0 Å². The molecule has 18 heavy (non-hydrogen) atoms. The minimum Gasteiger partial charge on any atom is -0.399 e. The second kappa shape index (κ2) is 5.69. The van der Waals surface area contributed by atoms with Gasteiger partial charge in [-0.2, -0.15) is 0 Å². The fourth-order valence-electron chi connectivity index (χ4n) is 1.53. The molecule has 0 saturated carbocycles. The van der Waals surface area contributed by atoms with Crippen molar-refractivity contribution in [2.24, 2.45) is 0 Å². The Morgan fingerprint density at radius 3 is 2.61 bits per heavy atom.